The molecule has 0 aromatic heterocycles. The molecular weight excluding hydrogens is 254 g/mol. The molecule has 4 nitrogen and oxygen atoms in total. The third-order valence-corrected chi connectivity index (χ3v) is 2.62. The first kappa shape index (κ1) is 13.7. The Kier molecular flexibility index (Phi) is 4.05. The number of phenols is 2. The summed E-state index contributed by atoms with van der Waals surface area (Å²) in [6.45, 7) is 1.46. The molecule has 2 aromatic carbocycles. The molecular formula is C16H15NO3. The molecule has 0 bridgehead atoms. The summed E-state index contributed by atoms with van der Waals surface area (Å²) in [5, 5.41) is 21.4. The Morgan fingerprint density at radius 1 is 0.950 bits per heavy atom. The van der Waals surface area contributed by atoms with Crippen LogP contribution in [0.2, 0.25) is 0 Å². The van der Waals surface area contributed by atoms with Crippen LogP contribution in [0, 0.1) is 0 Å². The number of rotatable bonds is 3. The number of hydrogen-bond donors (Lipinski definition) is 3. The molecule has 2 aromatic rings. The van der Waals surface area contributed by atoms with Crippen LogP contribution in [0.4, 0.5) is 5.69 Å². The summed E-state index contributed by atoms with van der Waals surface area (Å²) in [6, 6.07) is 11.7. The molecule has 0 aliphatic heterocycles. The van der Waals surface area contributed by atoms with Gasteiger partial charge in [0.1, 0.15) is 11.5 Å². The van der Waals surface area contributed by atoms with E-state index in [-0.39, 0.29) is 17.4 Å². The molecule has 0 fully saturated rings. The van der Waals surface area contributed by atoms with Gasteiger partial charge in [-0.1, -0.05) is 24.3 Å². The first-order valence-electron chi connectivity index (χ1n) is 6.12. The highest BCUT2D eigenvalue weighted by Crippen LogP contribution is 2.22. The van der Waals surface area contributed by atoms with Crippen molar-refractivity contribution in [1.29, 1.82) is 0 Å². The number of hydrogen-bond acceptors (Lipinski definition) is 3. The van der Waals surface area contributed by atoms with Crippen LogP contribution in [0.5, 0.6) is 11.5 Å². The molecule has 4 heteroatoms. The molecule has 0 heterocycles. The van der Waals surface area contributed by atoms with Crippen molar-refractivity contribution in [2.24, 2.45) is 0 Å². The average Bonchev–Trinajstić information content (AvgIpc) is 2.36. The van der Waals surface area contributed by atoms with Gasteiger partial charge in [-0.25, -0.2) is 0 Å². The van der Waals surface area contributed by atoms with Crippen molar-refractivity contribution in [3.05, 3.63) is 53.6 Å². The lowest BCUT2D eigenvalue weighted by Gasteiger charge is -2.02. The fourth-order valence-electron chi connectivity index (χ4n) is 1.79. The SMILES string of the molecule is CC(=O)Nc1ccc(/C=C/c2cc(O)cc(O)c2)cc1. The predicted octanol–water partition coefficient (Wildman–Crippen LogP) is 3.23. The van der Waals surface area contributed by atoms with Crippen LogP contribution in [-0.4, -0.2) is 16.1 Å². The minimum absolute atomic E-state index is 0.0191. The van der Waals surface area contributed by atoms with E-state index in [0.717, 1.165) is 11.3 Å². The minimum atomic E-state index is -0.108. The third kappa shape index (κ3) is 3.88. The van der Waals surface area contributed by atoms with Crippen LogP contribution in [0.25, 0.3) is 12.2 Å². The molecule has 0 saturated heterocycles. The molecule has 0 aliphatic carbocycles. The van der Waals surface area contributed by atoms with E-state index in [4.69, 9.17) is 0 Å². The fourth-order valence-corrected chi connectivity index (χ4v) is 1.79. The van der Waals surface area contributed by atoms with Crippen LogP contribution in [0.15, 0.2) is 42.5 Å². The van der Waals surface area contributed by atoms with Gasteiger partial charge in [0, 0.05) is 18.7 Å². The number of anilines is 1. The Balaban J connectivity index is 2.12. The highest BCUT2D eigenvalue weighted by atomic mass is 16.3. The second-order valence-electron chi connectivity index (χ2n) is 4.42. The van der Waals surface area contributed by atoms with E-state index in [0.29, 0.717) is 5.56 Å². The summed E-state index contributed by atoms with van der Waals surface area (Å²) in [6.07, 6.45) is 3.64. The van der Waals surface area contributed by atoms with Crippen molar-refractivity contribution >= 4 is 23.7 Å². The van der Waals surface area contributed by atoms with Crippen LogP contribution < -0.4 is 5.32 Å². The largest absolute Gasteiger partial charge is 0.508 e. The van der Waals surface area contributed by atoms with Gasteiger partial charge in [0.2, 0.25) is 5.91 Å². The Labute approximate surface area is 117 Å². The number of nitrogens with one attached hydrogen (secondary N) is 1. The van der Waals surface area contributed by atoms with Gasteiger partial charge in [-0.3, -0.25) is 4.79 Å². The number of benzene rings is 2. The van der Waals surface area contributed by atoms with Crippen LogP contribution in [-0.2, 0) is 4.79 Å². The quantitative estimate of drug-likeness (QED) is 0.749. The van der Waals surface area contributed by atoms with Gasteiger partial charge in [0.25, 0.3) is 0 Å². The number of carbonyl (C=O) groups is 1. The molecule has 102 valence electrons. The standard InChI is InChI=1S/C16H15NO3/c1-11(18)17-14-6-4-12(5-7-14)2-3-13-8-15(19)10-16(20)9-13/h2-10,19-20H,1H3,(H,17,18)/b3-2+. The van der Waals surface area contributed by atoms with E-state index in [2.05, 4.69) is 5.32 Å². The van der Waals surface area contributed by atoms with Crippen molar-refractivity contribution in [2.75, 3.05) is 5.32 Å². The van der Waals surface area contributed by atoms with Gasteiger partial charge in [-0.05, 0) is 35.4 Å². The van der Waals surface area contributed by atoms with E-state index in [9.17, 15) is 15.0 Å². The predicted molar refractivity (Wildman–Crippen MR) is 79.4 cm³/mol. The number of aromatic hydroxyl groups is 2. The summed E-state index contributed by atoms with van der Waals surface area (Å²) < 4.78 is 0. The fraction of sp³-hybridized carbons (Fsp3) is 0.0625. The van der Waals surface area contributed by atoms with Crippen molar-refractivity contribution in [3.63, 3.8) is 0 Å². The van der Waals surface area contributed by atoms with Gasteiger partial charge in [0.15, 0.2) is 0 Å². The summed E-state index contributed by atoms with van der Waals surface area (Å²) in [5.74, 6) is -0.0696. The zero-order chi connectivity index (χ0) is 14.5. The number of amides is 1. The molecule has 0 spiro atoms. The lowest BCUT2D eigenvalue weighted by atomic mass is 10.1. The second-order valence-corrected chi connectivity index (χ2v) is 4.42. The van der Waals surface area contributed by atoms with E-state index in [1.54, 1.807) is 30.3 Å². The highest BCUT2D eigenvalue weighted by Gasteiger charge is 1.97. The molecule has 0 radical (unpaired) electrons. The lowest BCUT2D eigenvalue weighted by Crippen LogP contribution is -2.05. The molecule has 1 amide bonds. The number of carbonyl (C=O) groups excluding carboxylic acids is 1. The zero-order valence-corrected chi connectivity index (χ0v) is 11.0. The monoisotopic (exact) mass is 269 g/mol. The topological polar surface area (TPSA) is 69.6 Å². The molecule has 0 saturated carbocycles. The van der Waals surface area contributed by atoms with E-state index in [1.165, 1.54) is 13.0 Å². The van der Waals surface area contributed by atoms with Crippen molar-refractivity contribution < 1.29 is 15.0 Å². The van der Waals surface area contributed by atoms with Gasteiger partial charge < -0.3 is 15.5 Å². The smallest absolute Gasteiger partial charge is 0.221 e. The summed E-state index contributed by atoms with van der Waals surface area (Å²) in [4.78, 5) is 10.9. The summed E-state index contributed by atoms with van der Waals surface area (Å²) >= 11 is 0. The molecule has 20 heavy (non-hydrogen) atoms. The maximum atomic E-state index is 10.9. The zero-order valence-electron chi connectivity index (χ0n) is 11.0. The summed E-state index contributed by atoms with van der Waals surface area (Å²) in [7, 11) is 0. The molecule has 0 aliphatic rings. The van der Waals surface area contributed by atoms with E-state index < -0.39 is 0 Å². The third-order valence-electron chi connectivity index (χ3n) is 2.62. The first-order valence-corrected chi connectivity index (χ1v) is 6.12. The minimum Gasteiger partial charge on any atom is -0.508 e. The molecule has 0 atom stereocenters. The van der Waals surface area contributed by atoms with Crippen LogP contribution >= 0.6 is 0 Å². The normalized spacial score (nSPS) is 10.7. The van der Waals surface area contributed by atoms with Gasteiger partial charge in [0.05, 0.1) is 0 Å². The highest BCUT2D eigenvalue weighted by molar-refractivity contribution is 5.88. The van der Waals surface area contributed by atoms with Crippen LogP contribution in [0.1, 0.15) is 18.1 Å². The lowest BCUT2D eigenvalue weighted by molar-refractivity contribution is -0.114. The Morgan fingerprint density at radius 3 is 2.05 bits per heavy atom. The maximum absolute atomic E-state index is 10.9. The average molecular weight is 269 g/mol. The summed E-state index contributed by atoms with van der Waals surface area (Å²) in [5.41, 5.74) is 2.39. The Bertz CT molecular complexity index is 625. The van der Waals surface area contributed by atoms with Crippen molar-refractivity contribution in [3.8, 4) is 11.5 Å². The molecule has 2 rings (SSSR count). The van der Waals surface area contributed by atoms with Gasteiger partial charge >= 0.3 is 0 Å². The first-order chi connectivity index (χ1) is 9.52. The Morgan fingerprint density at radius 2 is 1.50 bits per heavy atom. The maximum Gasteiger partial charge on any atom is 0.221 e. The van der Waals surface area contributed by atoms with E-state index >= 15 is 0 Å². The van der Waals surface area contributed by atoms with Crippen LogP contribution in [0.3, 0.4) is 0 Å². The Hall–Kier alpha value is -2.75. The van der Waals surface area contributed by atoms with Crippen molar-refractivity contribution in [1.82, 2.24) is 0 Å². The molecule has 0 unspecified atom stereocenters. The number of phenolic OH excluding ortho intramolecular Hbond substituents is 2. The van der Waals surface area contributed by atoms with Gasteiger partial charge in [-0.2, -0.15) is 0 Å². The van der Waals surface area contributed by atoms with Crippen molar-refractivity contribution in [2.45, 2.75) is 6.92 Å². The van der Waals surface area contributed by atoms with E-state index in [1.807, 2.05) is 18.2 Å². The molecule has 3 N–H and O–H groups in total. The van der Waals surface area contributed by atoms with Gasteiger partial charge in [-0.15, -0.1) is 0 Å². The second kappa shape index (κ2) is 5.93.